The zero-order chi connectivity index (χ0) is 18.2. The second kappa shape index (κ2) is 8.94. The number of nitriles is 1. The number of aromatic nitrogens is 2. The second-order valence-electron chi connectivity index (χ2n) is 4.95. The van der Waals surface area contributed by atoms with Crippen LogP contribution in [0.3, 0.4) is 0 Å². The number of hydrogen-bond acceptors (Lipinski definition) is 8. The van der Waals surface area contributed by atoms with E-state index < -0.39 is 0 Å². The minimum absolute atomic E-state index is 0.105. The van der Waals surface area contributed by atoms with Crippen molar-refractivity contribution in [3.05, 3.63) is 18.2 Å². The van der Waals surface area contributed by atoms with Crippen molar-refractivity contribution in [2.45, 2.75) is 11.6 Å². The van der Waals surface area contributed by atoms with Gasteiger partial charge in [-0.15, -0.1) is 10.2 Å². The lowest BCUT2D eigenvalue weighted by molar-refractivity contribution is -0.127. The number of nitrogens with zero attached hydrogens (tertiary/aromatic N) is 4. The summed E-state index contributed by atoms with van der Waals surface area (Å²) >= 11 is 1.15. The van der Waals surface area contributed by atoms with E-state index in [1.807, 2.05) is 6.07 Å². The molecule has 1 aromatic heterocycles. The van der Waals surface area contributed by atoms with Crippen LogP contribution in [0.15, 0.2) is 27.8 Å². The molecule has 0 aliphatic rings. The van der Waals surface area contributed by atoms with Crippen LogP contribution in [0.25, 0.3) is 11.5 Å². The van der Waals surface area contributed by atoms with Gasteiger partial charge in [0.15, 0.2) is 11.5 Å². The maximum absolute atomic E-state index is 11.9. The molecule has 25 heavy (non-hydrogen) atoms. The number of ether oxygens (including phenoxy) is 2. The quantitative estimate of drug-likeness (QED) is 0.659. The van der Waals surface area contributed by atoms with Crippen LogP contribution in [0.2, 0.25) is 0 Å². The van der Waals surface area contributed by atoms with Crippen LogP contribution in [0.1, 0.15) is 6.42 Å². The van der Waals surface area contributed by atoms with Gasteiger partial charge in [-0.1, -0.05) is 11.8 Å². The van der Waals surface area contributed by atoms with Crippen molar-refractivity contribution >= 4 is 17.7 Å². The summed E-state index contributed by atoms with van der Waals surface area (Å²) < 4.78 is 16.0. The predicted molar refractivity (Wildman–Crippen MR) is 91.4 cm³/mol. The van der Waals surface area contributed by atoms with Gasteiger partial charge in [0, 0.05) is 19.2 Å². The standard InChI is InChI=1S/C16H18N4O4S/c1-20(8-4-7-17)14(21)10-25-16-19-18-15(24-16)11-5-6-12(22-2)13(9-11)23-3/h5-6,9H,4,8,10H2,1-3H3. The Balaban J connectivity index is 2.01. The predicted octanol–water partition coefficient (Wildman–Crippen LogP) is 2.22. The van der Waals surface area contributed by atoms with E-state index in [0.717, 1.165) is 11.8 Å². The number of hydrogen-bond donors (Lipinski definition) is 0. The van der Waals surface area contributed by atoms with Gasteiger partial charge in [0.2, 0.25) is 11.8 Å². The van der Waals surface area contributed by atoms with Gasteiger partial charge in [-0.05, 0) is 18.2 Å². The van der Waals surface area contributed by atoms with E-state index in [-0.39, 0.29) is 11.7 Å². The number of benzene rings is 1. The van der Waals surface area contributed by atoms with Crippen molar-refractivity contribution in [2.75, 3.05) is 33.6 Å². The number of rotatable bonds is 8. The van der Waals surface area contributed by atoms with Crippen LogP contribution in [0.5, 0.6) is 11.5 Å². The minimum atomic E-state index is -0.105. The van der Waals surface area contributed by atoms with Crippen molar-refractivity contribution in [1.82, 2.24) is 15.1 Å². The first-order chi connectivity index (χ1) is 12.1. The van der Waals surface area contributed by atoms with Gasteiger partial charge in [0.05, 0.1) is 32.5 Å². The highest BCUT2D eigenvalue weighted by atomic mass is 32.2. The molecule has 0 spiro atoms. The molecule has 0 saturated heterocycles. The third-order valence-corrected chi connectivity index (χ3v) is 4.14. The highest BCUT2D eigenvalue weighted by Crippen LogP contribution is 2.32. The van der Waals surface area contributed by atoms with Gasteiger partial charge >= 0.3 is 0 Å². The molecule has 1 amide bonds. The average molecular weight is 362 g/mol. The number of methoxy groups -OCH3 is 2. The van der Waals surface area contributed by atoms with Gasteiger partial charge in [-0.2, -0.15) is 5.26 Å². The molecule has 1 aromatic carbocycles. The highest BCUT2D eigenvalue weighted by Gasteiger charge is 2.15. The number of carbonyl (C=O) groups excluding carboxylic acids is 1. The molecule has 0 fully saturated rings. The Labute approximate surface area is 149 Å². The molecule has 0 aliphatic carbocycles. The Morgan fingerprint density at radius 1 is 1.32 bits per heavy atom. The van der Waals surface area contributed by atoms with Crippen LogP contribution in [-0.4, -0.2) is 54.6 Å². The summed E-state index contributed by atoms with van der Waals surface area (Å²) in [5.41, 5.74) is 0.689. The molecule has 132 valence electrons. The van der Waals surface area contributed by atoms with E-state index in [9.17, 15) is 4.79 Å². The first kappa shape index (κ1) is 18.6. The molecule has 0 bridgehead atoms. The lowest BCUT2D eigenvalue weighted by Crippen LogP contribution is -2.29. The highest BCUT2D eigenvalue weighted by molar-refractivity contribution is 7.99. The summed E-state index contributed by atoms with van der Waals surface area (Å²) in [5, 5.41) is 16.8. The molecule has 0 N–H and O–H groups in total. The van der Waals surface area contributed by atoms with Crippen LogP contribution in [0.4, 0.5) is 0 Å². The van der Waals surface area contributed by atoms with Crippen molar-refractivity contribution in [1.29, 1.82) is 5.26 Å². The molecule has 2 aromatic rings. The fourth-order valence-corrected chi connectivity index (χ4v) is 2.63. The normalized spacial score (nSPS) is 10.2. The zero-order valence-corrected chi connectivity index (χ0v) is 15.0. The van der Waals surface area contributed by atoms with Crippen molar-refractivity contribution in [3.8, 4) is 29.0 Å². The van der Waals surface area contributed by atoms with Gasteiger partial charge in [0.1, 0.15) is 0 Å². The van der Waals surface area contributed by atoms with Crippen molar-refractivity contribution < 1.29 is 18.7 Å². The third kappa shape index (κ3) is 4.87. The summed E-state index contributed by atoms with van der Waals surface area (Å²) in [6.07, 6.45) is 0.302. The summed E-state index contributed by atoms with van der Waals surface area (Å²) in [6, 6.07) is 7.27. The summed E-state index contributed by atoms with van der Waals surface area (Å²) in [4.78, 5) is 13.4. The molecule has 2 rings (SSSR count). The number of amides is 1. The van der Waals surface area contributed by atoms with Crippen LogP contribution in [-0.2, 0) is 4.79 Å². The molecular formula is C16H18N4O4S. The Bertz CT molecular complexity index is 772. The Hall–Kier alpha value is -2.73. The van der Waals surface area contributed by atoms with Gasteiger partial charge in [-0.3, -0.25) is 4.79 Å². The fourth-order valence-electron chi connectivity index (χ4n) is 1.93. The minimum Gasteiger partial charge on any atom is -0.493 e. The molecule has 0 radical (unpaired) electrons. The van der Waals surface area contributed by atoms with E-state index in [1.54, 1.807) is 39.5 Å². The smallest absolute Gasteiger partial charge is 0.277 e. The van der Waals surface area contributed by atoms with Gasteiger partial charge in [-0.25, -0.2) is 0 Å². The first-order valence-corrected chi connectivity index (χ1v) is 8.37. The van der Waals surface area contributed by atoms with Crippen LogP contribution < -0.4 is 9.47 Å². The molecule has 0 saturated carbocycles. The molecule has 1 heterocycles. The largest absolute Gasteiger partial charge is 0.493 e. The van der Waals surface area contributed by atoms with E-state index in [0.29, 0.717) is 41.1 Å². The lowest BCUT2D eigenvalue weighted by Gasteiger charge is -2.13. The number of thioether (sulfide) groups is 1. The van der Waals surface area contributed by atoms with E-state index in [4.69, 9.17) is 19.2 Å². The SMILES string of the molecule is COc1ccc(-c2nnc(SCC(=O)N(C)CCC#N)o2)cc1OC. The molecular weight excluding hydrogens is 344 g/mol. The maximum atomic E-state index is 11.9. The van der Waals surface area contributed by atoms with E-state index in [2.05, 4.69) is 10.2 Å². The lowest BCUT2D eigenvalue weighted by atomic mass is 10.2. The fraction of sp³-hybridized carbons (Fsp3) is 0.375. The molecule has 0 aliphatic heterocycles. The Morgan fingerprint density at radius 3 is 2.76 bits per heavy atom. The molecule has 9 heteroatoms. The monoisotopic (exact) mass is 362 g/mol. The topological polar surface area (TPSA) is 101 Å². The average Bonchev–Trinajstić information content (AvgIpc) is 3.12. The summed E-state index contributed by atoms with van der Waals surface area (Å²) in [6.45, 7) is 0.399. The van der Waals surface area contributed by atoms with Crippen LogP contribution >= 0.6 is 11.8 Å². The second-order valence-corrected chi connectivity index (χ2v) is 5.88. The third-order valence-electron chi connectivity index (χ3n) is 3.34. The maximum Gasteiger partial charge on any atom is 0.277 e. The van der Waals surface area contributed by atoms with E-state index in [1.165, 1.54) is 4.90 Å². The molecule has 0 atom stereocenters. The van der Waals surface area contributed by atoms with E-state index >= 15 is 0 Å². The van der Waals surface area contributed by atoms with Gasteiger partial charge < -0.3 is 18.8 Å². The van der Waals surface area contributed by atoms with Crippen molar-refractivity contribution in [2.24, 2.45) is 0 Å². The van der Waals surface area contributed by atoms with Crippen molar-refractivity contribution in [3.63, 3.8) is 0 Å². The molecule has 0 unspecified atom stereocenters. The zero-order valence-electron chi connectivity index (χ0n) is 14.2. The summed E-state index contributed by atoms with van der Waals surface area (Å²) in [5.74, 6) is 1.54. The van der Waals surface area contributed by atoms with Gasteiger partial charge in [0.25, 0.3) is 5.22 Å². The molecule has 8 nitrogen and oxygen atoms in total. The van der Waals surface area contributed by atoms with Crippen LogP contribution in [0, 0.1) is 11.3 Å². The summed E-state index contributed by atoms with van der Waals surface area (Å²) in [7, 11) is 4.76. The number of carbonyl (C=O) groups is 1. The first-order valence-electron chi connectivity index (χ1n) is 7.38. The Kier molecular flexibility index (Phi) is 6.65. The Morgan fingerprint density at radius 2 is 2.08 bits per heavy atom.